The van der Waals surface area contributed by atoms with E-state index in [1.807, 2.05) is 94.9 Å². The lowest BCUT2D eigenvalue weighted by Crippen LogP contribution is -2.14. The summed E-state index contributed by atoms with van der Waals surface area (Å²) in [5.74, 6) is -0.836. The number of H-pyrrole nitrogens is 7. The van der Waals surface area contributed by atoms with Gasteiger partial charge in [-0.15, -0.1) is 0 Å². The predicted molar refractivity (Wildman–Crippen MR) is 495 cm³/mol. The highest BCUT2D eigenvalue weighted by molar-refractivity contribution is 7.92. The van der Waals surface area contributed by atoms with Crippen LogP contribution in [0.3, 0.4) is 0 Å². The Labute approximate surface area is 720 Å². The zero-order chi connectivity index (χ0) is 89.7. The van der Waals surface area contributed by atoms with E-state index >= 15 is 0 Å². The molecule has 6 aromatic carbocycles. The van der Waals surface area contributed by atoms with Crippen LogP contribution in [-0.2, 0) is 47.7 Å². The zero-order valence-corrected chi connectivity index (χ0v) is 75.9. The molecule has 0 fully saturated rings. The highest BCUT2D eigenvalue weighted by Crippen LogP contribution is 2.42. The second-order valence-corrected chi connectivity index (χ2v) is 36.5. The maximum Gasteiger partial charge on any atom is 0.289 e. The molecule has 658 valence electrons. The number of fused-ring (bicyclic) bond motifs is 8. The number of anilines is 1. The number of hydrogen-bond donors (Lipinski definition) is 9. The van der Waals surface area contributed by atoms with Gasteiger partial charge in [0.25, 0.3) is 11.8 Å². The van der Waals surface area contributed by atoms with Crippen molar-refractivity contribution in [1.82, 2.24) is 54.4 Å². The molecule has 0 saturated carbocycles. The lowest BCUT2D eigenvalue weighted by Gasteiger charge is -2.22. The first kappa shape index (κ1) is 94.0. The molecule has 9 N–H and O–H groups in total. The third-order valence-corrected chi connectivity index (χ3v) is 22.8. The first-order chi connectivity index (χ1) is 58.1. The lowest BCUT2D eigenvalue weighted by molar-refractivity contribution is 0.0104. The Morgan fingerprint density at radius 1 is 0.496 bits per heavy atom. The number of benzene rings is 6. The number of phenols is 1. The summed E-state index contributed by atoms with van der Waals surface area (Å²) in [6.07, 6.45) is 19.7. The molecule has 0 bridgehead atoms. The molecule has 18 nitrogen and oxygen atoms in total. The Kier molecular flexibility index (Phi) is 31.2. The van der Waals surface area contributed by atoms with Crippen LogP contribution in [0.5, 0.6) is 17.2 Å². The standard InChI is InChI=1S/C19H21NO2.C13H20F2N2.C12H18F2N2.C12H16N2O2S.C11H12FN.C11H13NO.C11H13N.C10H12N2O/c1-13(2)16-11-20-17-10-18(21-3)19(9-15(16)17)22-12-14-7-5-4-6-8-14;1-8(2)17-11-9(3)6-5-7-10(11)12(16-17)13(4,14)15;1-8(2)16-10-7-5-4-6-9(10)11(15-16)12(3,13)14;1-8(2)11-7-13-12-5-4-9(6-10(11)12)14-17(3,15)16;1-7(2)10-6-13-11-4-3-8(12)5-9(10)11;1-7(2)10-6-12-11-4-3-8(13)5-9(10)11;1-8(2)10-7-12-11-6-4-3-5-9(10)11;1-6(2)7-5-11-8-3-4-9(13)12-10(7)8/h4-11,13,20H,12H2,1-3H3;8-9H,5-7H2,1-4H3;8H,4-7H2,1-3H3;4-8,13-14H,1-3H3;3-7,13H,1-2H3;3-7,12-13H,1-2H3;3-8,12H,1-2H3;3-6,11H,1-2H3,(H,12,13). The normalized spacial score (nSPS) is 13.4. The Morgan fingerprint density at radius 3 is 1.49 bits per heavy atom. The highest BCUT2D eigenvalue weighted by Gasteiger charge is 2.38. The topological polar surface area (TPSA) is 248 Å². The van der Waals surface area contributed by atoms with Crippen LogP contribution in [0.15, 0.2) is 175 Å². The number of aromatic hydroxyl groups is 1. The number of nitrogens with zero attached hydrogens (tertiary/aromatic N) is 4. The molecule has 9 aromatic heterocycles. The van der Waals surface area contributed by atoms with Crippen molar-refractivity contribution >= 4 is 81.3 Å². The average molecular weight is 1710 g/mol. The van der Waals surface area contributed by atoms with Gasteiger partial charge < -0.3 is 49.5 Å². The molecule has 0 aliphatic heterocycles. The van der Waals surface area contributed by atoms with Crippen molar-refractivity contribution in [2.24, 2.45) is 0 Å². The summed E-state index contributed by atoms with van der Waals surface area (Å²) in [7, 11) is -1.55. The Morgan fingerprint density at radius 2 is 0.943 bits per heavy atom. The quantitative estimate of drug-likeness (QED) is 0.0420. The van der Waals surface area contributed by atoms with Crippen LogP contribution in [0.4, 0.5) is 27.6 Å². The summed E-state index contributed by atoms with van der Waals surface area (Å²) < 4.78 is 107. The van der Waals surface area contributed by atoms with Gasteiger partial charge in [-0.3, -0.25) is 18.9 Å². The predicted octanol–water partition coefficient (Wildman–Crippen LogP) is 26.7. The Bertz CT molecular complexity index is 6070. The van der Waals surface area contributed by atoms with Crippen molar-refractivity contribution in [2.45, 2.75) is 248 Å². The van der Waals surface area contributed by atoms with Gasteiger partial charge in [-0.25, -0.2) is 12.8 Å². The summed E-state index contributed by atoms with van der Waals surface area (Å²) in [5.41, 5.74) is 20.2. The molecule has 1 atom stereocenters. The van der Waals surface area contributed by atoms with Crippen LogP contribution in [0, 0.1) is 5.82 Å². The fraction of sp³-hybridized carbons (Fsp3) is 0.404. The van der Waals surface area contributed by atoms with E-state index in [-0.39, 0.29) is 34.8 Å². The van der Waals surface area contributed by atoms with Gasteiger partial charge in [0, 0.05) is 158 Å². The molecule has 9 heterocycles. The number of rotatable bonds is 16. The molecular weight excluding hydrogens is 1580 g/mol. The molecule has 15 aromatic rings. The summed E-state index contributed by atoms with van der Waals surface area (Å²) in [4.78, 5) is 33.1. The number of ether oxygens (including phenoxy) is 2. The number of aromatic nitrogens is 11. The summed E-state index contributed by atoms with van der Waals surface area (Å²) in [6, 6.07) is 42.0. The minimum atomic E-state index is -3.22. The molecule has 0 saturated heterocycles. The third-order valence-electron chi connectivity index (χ3n) is 22.2. The van der Waals surface area contributed by atoms with E-state index in [1.54, 1.807) is 52.9 Å². The molecule has 1 unspecified atom stereocenters. The fourth-order valence-electron chi connectivity index (χ4n) is 15.9. The maximum absolute atomic E-state index is 13.6. The highest BCUT2D eigenvalue weighted by atomic mass is 32.2. The van der Waals surface area contributed by atoms with Crippen molar-refractivity contribution in [3.8, 4) is 17.2 Å². The van der Waals surface area contributed by atoms with Crippen molar-refractivity contribution in [3.05, 3.63) is 260 Å². The van der Waals surface area contributed by atoms with E-state index < -0.39 is 21.9 Å². The van der Waals surface area contributed by atoms with Crippen LogP contribution in [0.2, 0.25) is 0 Å². The summed E-state index contributed by atoms with van der Waals surface area (Å²) in [5, 5.41) is 23.4. The van der Waals surface area contributed by atoms with Gasteiger partial charge in [0.2, 0.25) is 15.6 Å². The average Bonchev–Trinajstić information content (AvgIpc) is 1.57. The number of nitrogens with one attached hydrogen (secondary N) is 8. The summed E-state index contributed by atoms with van der Waals surface area (Å²) >= 11 is 0. The van der Waals surface area contributed by atoms with Gasteiger partial charge in [-0.05, 0) is 226 Å². The van der Waals surface area contributed by atoms with Crippen LogP contribution < -0.4 is 19.8 Å². The van der Waals surface area contributed by atoms with Crippen molar-refractivity contribution in [3.63, 3.8) is 0 Å². The third kappa shape index (κ3) is 23.8. The van der Waals surface area contributed by atoms with Crippen LogP contribution >= 0.6 is 0 Å². The second kappa shape index (κ2) is 40.8. The van der Waals surface area contributed by atoms with Gasteiger partial charge >= 0.3 is 0 Å². The number of pyridine rings is 1. The molecule has 2 aliphatic carbocycles. The van der Waals surface area contributed by atoms with E-state index in [4.69, 9.17) is 9.47 Å². The molecule has 17 rings (SSSR count). The minimum absolute atomic E-state index is 0.00380. The van der Waals surface area contributed by atoms with Crippen molar-refractivity contribution < 1.29 is 45.0 Å². The largest absolute Gasteiger partial charge is 0.508 e. The monoisotopic (exact) mass is 1700 g/mol. The molecule has 0 radical (unpaired) electrons. The van der Waals surface area contributed by atoms with Gasteiger partial charge in [-0.2, -0.15) is 27.8 Å². The number of alkyl halides is 4. The number of hydrogen-bond acceptors (Lipinski definition) is 8. The Balaban J connectivity index is 0.000000148. The van der Waals surface area contributed by atoms with Crippen LogP contribution in [-0.4, -0.2) is 81.3 Å². The number of sulfonamides is 1. The number of para-hydroxylation sites is 1. The van der Waals surface area contributed by atoms with E-state index in [1.165, 1.54) is 56.2 Å². The molecule has 24 heteroatoms. The second-order valence-electron chi connectivity index (χ2n) is 34.8. The molecule has 0 amide bonds. The maximum atomic E-state index is 13.6. The first-order valence-corrected chi connectivity index (χ1v) is 44.8. The smallest absolute Gasteiger partial charge is 0.289 e. The van der Waals surface area contributed by atoms with Crippen molar-refractivity contribution in [1.29, 1.82) is 0 Å². The number of methoxy groups -OCH3 is 1. The SMILES string of the molecule is CC(C)c1c[nH]c2ccc(=O)[nH]c12.CC(C)c1c[nH]c2ccc(F)cc12.CC(C)c1c[nH]c2ccc(NS(C)(=O)=O)cc12.CC(C)c1c[nH]c2ccc(O)cc12.CC(C)c1c[nH]c2ccccc12.CC(C)n1nc(C(C)(F)F)c2c1CCCC2.CC1CCCc2c(C(C)(F)F)nn(C(C)C)c21.COc1cc2[nH]cc(C(C)C)c2cc1OCc1ccccc1. The first-order valence-electron chi connectivity index (χ1n) is 42.9. The molecular formula is C99H125F5N12O6S. The number of aromatic amines is 7. The van der Waals surface area contributed by atoms with Gasteiger partial charge in [-0.1, -0.05) is 139 Å². The summed E-state index contributed by atoms with van der Waals surface area (Å²) in [6.45, 7) is 38.2. The van der Waals surface area contributed by atoms with E-state index in [9.17, 15) is 40.3 Å². The van der Waals surface area contributed by atoms with Gasteiger partial charge in [0.05, 0.1) is 24.4 Å². The molecule has 2 aliphatic rings. The molecule has 0 spiro atoms. The van der Waals surface area contributed by atoms with Crippen molar-refractivity contribution in [2.75, 3.05) is 18.1 Å². The zero-order valence-electron chi connectivity index (χ0n) is 75.1. The van der Waals surface area contributed by atoms with E-state index in [0.717, 1.165) is 159 Å². The number of halogens is 5. The Hall–Kier alpha value is -11.3. The van der Waals surface area contributed by atoms with E-state index in [0.29, 0.717) is 59.5 Å². The van der Waals surface area contributed by atoms with Gasteiger partial charge in [0.1, 0.15) is 29.6 Å². The van der Waals surface area contributed by atoms with Crippen LogP contribution in [0.25, 0.3) is 65.5 Å². The molecule has 123 heavy (non-hydrogen) atoms. The minimum Gasteiger partial charge on any atom is -0.508 e. The number of phenolic OH excluding ortho intramolecular Hbond substituents is 1. The lowest BCUT2D eigenvalue weighted by atomic mass is 9.87. The van der Waals surface area contributed by atoms with Gasteiger partial charge in [0.15, 0.2) is 11.5 Å². The van der Waals surface area contributed by atoms with E-state index in [2.05, 4.69) is 195 Å². The fourth-order valence-corrected chi connectivity index (χ4v) is 16.5. The van der Waals surface area contributed by atoms with Crippen LogP contribution in [0.1, 0.15) is 284 Å².